The highest BCUT2D eigenvalue weighted by atomic mass is 32.1. The average Bonchev–Trinajstić information content (AvgIpc) is 3.27. The first-order valence-electron chi connectivity index (χ1n) is 10.8. The molecule has 12 heteroatoms. The molecule has 3 N–H and O–H groups in total. The molecule has 1 amide bonds. The Morgan fingerprint density at radius 1 is 1.09 bits per heavy atom. The molecular weight excluding hydrogens is 473 g/mol. The van der Waals surface area contributed by atoms with Crippen molar-refractivity contribution in [1.29, 1.82) is 0 Å². The molecule has 0 radical (unpaired) electrons. The molecule has 0 saturated heterocycles. The number of nitrogens with one attached hydrogen (secondary N) is 3. The number of amides is 1. The molecule has 0 aliphatic carbocycles. The molecule has 3 heterocycles. The second kappa shape index (κ2) is 11.4. The topological polar surface area (TPSA) is 135 Å². The lowest BCUT2D eigenvalue weighted by Gasteiger charge is -2.06. The van der Waals surface area contributed by atoms with E-state index >= 15 is 0 Å². The molecule has 180 valence electrons. The summed E-state index contributed by atoms with van der Waals surface area (Å²) < 4.78 is 14.8. The Kier molecular flexibility index (Phi) is 7.85. The van der Waals surface area contributed by atoms with Crippen LogP contribution >= 0.6 is 11.3 Å². The summed E-state index contributed by atoms with van der Waals surface area (Å²) in [6.45, 7) is 1.22. The van der Waals surface area contributed by atoms with Gasteiger partial charge in [0, 0.05) is 44.4 Å². The first-order valence-corrected chi connectivity index (χ1v) is 11.6. The van der Waals surface area contributed by atoms with Gasteiger partial charge in [0.2, 0.25) is 5.91 Å². The first-order chi connectivity index (χ1) is 17.0. The average molecular weight is 496 g/mol. The van der Waals surface area contributed by atoms with E-state index in [-0.39, 0.29) is 36.1 Å². The minimum absolute atomic E-state index is 0.141. The van der Waals surface area contributed by atoms with E-state index in [1.54, 1.807) is 35.7 Å². The number of nitro benzene ring substituents is 1. The highest BCUT2D eigenvalue weighted by molar-refractivity contribution is 7.18. The minimum atomic E-state index is -0.529. The smallest absolute Gasteiger partial charge is 0.292 e. The zero-order valence-corrected chi connectivity index (χ0v) is 19.3. The molecule has 1 aromatic carbocycles. The Hall–Kier alpha value is -4.03. The summed E-state index contributed by atoms with van der Waals surface area (Å²) in [5.74, 6) is -0.125. The van der Waals surface area contributed by atoms with Crippen LogP contribution in [0.1, 0.15) is 17.1 Å². The van der Waals surface area contributed by atoms with E-state index in [2.05, 4.69) is 30.9 Å². The van der Waals surface area contributed by atoms with E-state index < -0.39 is 4.92 Å². The minimum Gasteiger partial charge on any atom is -0.362 e. The van der Waals surface area contributed by atoms with Crippen molar-refractivity contribution in [3.05, 3.63) is 81.5 Å². The number of nitro groups is 1. The number of rotatable bonds is 11. The number of hydrogen-bond acceptors (Lipinski definition) is 9. The van der Waals surface area contributed by atoms with Crippen LogP contribution in [0.15, 0.2) is 54.9 Å². The van der Waals surface area contributed by atoms with Gasteiger partial charge < -0.3 is 16.0 Å². The van der Waals surface area contributed by atoms with Crippen molar-refractivity contribution in [3.8, 4) is 0 Å². The fourth-order valence-corrected chi connectivity index (χ4v) is 4.29. The standard InChI is InChI=1S/C23H22FN7O3S/c24-15-4-3-10-26-17(15)14-28-23-22-19(7-13-27-23)35-21(30-22)9-12-25-11-8-20(32)29-16-5-1-2-6-18(16)31(33)34/h1-7,10,13,25H,8-9,11-12,14H2,(H,27,28)(H,29,32). The van der Waals surface area contributed by atoms with Crippen molar-refractivity contribution in [2.24, 2.45) is 0 Å². The maximum absolute atomic E-state index is 13.8. The number of pyridine rings is 2. The van der Waals surface area contributed by atoms with Crippen LogP contribution in [0.25, 0.3) is 10.2 Å². The van der Waals surface area contributed by atoms with Crippen molar-refractivity contribution in [3.63, 3.8) is 0 Å². The van der Waals surface area contributed by atoms with Crippen molar-refractivity contribution < 1.29 is 14.1 Å². The van der Waals surface area contributed by atoms with E-state index in [1.165, 1.54) is 24.4 Å². The molecule has 10 nitrogen and oxygen atoms in total. The Bertz CT molecular complexity index is 1350. The number of thiazole rings is 1. The maximum Gasteiger partial charge on any atom is 0.292 e. The molecule has 0 aliphatic heterocycles. The van der Waals surface area contributed by atoms with Gasteiger partial charge in [-0.2, -0.15) is 0 Å². The summed E-state index contributed by atoms with van der Waals surface area (Å²) in [5, 5.41) is 20.8. The Morgan fingerprint density at radius 2 is 1.94 bits per heavy atom. The fraction of sp³-hybridized carbons (Fsp3) is 0.217. The fourth-order valence-electron chi connectivity index (χ4n) is 3.33. The number of carbonyl (C=O) groups excluding carboxylic acids is 1. The SMILES string of the molecule is O=C(CCNCCc1nc2c(NCc3ncccc3F)nccc2s1)Nc1ccccc1[N+](=O)[O-]. The van der Waals surface area contributed by atoms with Gasteiger partial charge in [-0.25, -0.2) is 14.4 Å². The van der Waals surface area contributed by atoms with Crippen molar-refractivity contribution in [2.45, 2.75) is 19.4 Å². The van der Waals surface area contributed by atoms with Crippen LogP contribution in [0.4, 0.5) is 21.6 Å². The van der Waals surface area contributed by atoms with Gasteiger partial charge in [-0.3, -0.25) is 19.9 Å². The molecule has 0 atom stereocenters. The summed E-state index contributed by atoms with van der Waals surface area (Å²) in [5.41, 5.74) is 1.06. The Labute approximate surface area is 203 Å². The third-order valence-corrected chi connectivity index (χ3v) is 6.11. The lowest BCUT2D eigenvalue weighted by molar-refractivity contribution is -0.383. The number of hydrogen-bond donors (Lipinski definition) is 3. The van der Waals surface area contributed by atoms with E-state index in [9.17, 15) is 19.3 Å². The number of halogens is 1. The molecule has 0 aliphatic rings. The first kappa shape index (κ1) is 24.1. The number of fused-ring (bicyclic) bond motifs is 1. The second-order valence-electron chi connectivity index (χ2n) is 7.47. The monoisotopic (exact) mass is 495 g/mol. The Morgan fingerprint density at radius 3 is 2.77 bits per heavy atom. The second-order valence-corrected chi connectivity index (χ2v) is 8.59. The third-order valence-electron chi connectivity index (χ3n) is 5.03. The van der Waals surface area contributed by atoms with E-state index in [0.717, 1.165) is 9.71 Å². The highest BCUT2D eigenvalue weighted by Crippen LogP contribution is 2.27. The van der Waals surface area contributed by atoms with Crippen LogP contribution in [0.2, 0.25) is 0 Å². The highest BCUT2D eigenvalue weighted by Gasteiger charge is 2.14. The van der Waals surface area contributed by atoms with Gasteiger partial charge in [-0.05, 0) is 24.3 Å². The summed E-state index contributed by atoms with van der Waals surface area (Å²) in [4.78, 5) is 35.7. The zero-order chi connectivity index (χ0) is 24.6. The van der Waals surface area contributed by atoms with E-state index in [4.69, 9.17) is 0 Å². The van der Waals surface area contributed by atoms with Crippen molar-refractivity contribution in [1.82, 2.24) is 20.3 Å². The van der Waals surface area contributed by atoms with Gasteiger partial charge in [0.05, 0.1) is 26.9 Å². The van der Waals surface area contributed by atoms with Crippen LogP contribution in [-0.4, -0.2) is 38.9 Å². The van der Waals surface area contributed by atoms with Crippen molar-refractivity contribution in [2.75, 3.05) is 23.7 Å². The van der Waals surface area contributed by atoms with Crippen LogP contribution in [-0.2, 0) is 17.8 Å². The predicted octanol–water partition coefficient (Wildman–Crippen LogP) is 3.91. The Balaban J connectivity index is 1.25. The zero-order valence-electron chi connectivity index (χ0n) is 18.5. The van der Waals surface area contributed by atoms with E-state index in [1.807, 2.05) is 6.07 Å². The summed E-state index contributed by atoms with van der Waals surface area (Å²) in [7, 11) is 0. The van der Waals surface area contributed by atoms with Gasteiger partial charge in [0.25, 0.3) is 5.69 Å². The van der Waals surface area contributed by atoms with Gasteiger partial charge in [-0.1, -0.05) is 12.1 Å². The number of para-hydroxylation sites is 2. The van der Waals surface area contributed by atoms with Crippen LogP contribution < -0.4 is 16.0 Å². The maximum atomic E-state index is 13.8. The largest absolute Gasteiger partial charge is 0.362 e. The molecule has 0 bridgehead atoms. The molecule has 3 aromatic heterocycles. The molecule has 4 rings (SSSR count). The van der Waals surface area contributed by atoms with Gasteiger partial charge in [0.1, 0.15) is 17.0 Å². The quantitative estimate of drug-likeness (QED) is 0.162. The summed E-state index contributed by atoms with van der Waals surface area (Å²) in [6, 6.07) is 10.8. The normalized spacial score (nSPS) is 10.9. The molecule has 0 spiro atoms. The number of carbonyl (C=O) groups is 1. The van der Waals surface area contributed by atoms with Gasteiger partial charge in [0.15, 0.2) is 5.82 Å². The number of aromatic nitrogens is 3. The predicted molar refractivity (Wildman–Crippen MR) is 132 cm³/mol. The van der Waals surface area contributed by atoms with Crippen LogP contribution in [0, 0.1) is 15.9 Å². The summed E-state index contributed by atoms with van der Waals surface area (Å²) >= 11 is 1.54. The van der Waals surface area contributed by atoms with Gasteiger partial charge in [-0.15, -0.1) is 11.3 Å². The molecular formula is C23H22FN7O3S. The molecule has 0 fully saturated rings. The number of anilines is 2. The van der Waals surface area contributed by atoms with Crippen LogP contribution in [0.3, 0.4) is 0 Å². The van der Waals surface area contributed by atoms with E-state index in [0.29, 0.717) is 36.5 Å². The molecule has 0 unspecified atom stereocenters. The molecule has 35 heavy (non-hydrogen) atoms. The van der Waals surface area contributed by atoms with Crippen LogP contribution in [0.5, 0.6) is 0 Å². The van der Waals surface area contributed by atoms with Crippen molar-refractivity contribution >= 4 is 44.7 Å². The lowest BCUT2D eigenvalue weighted by atomic mass is 10.2. The number of benzene rings is 1. The van der Waals surface area contributed by atoms with Gasteiger partial charge >= 0.3 is 0 Å². The lowest BCUT2D eigenvalue weighted by Crippen LogP contribution is -2.23. The number of nitrogens with zero attached hydrogens (tertiary/aromatic N) is 4. The molecule has 0 saturated carbocycles. The summed E-state index contributed by atoms with van der Waals surface area (Å²) in [6.07, 6.45) is 4.04. The third kappa shape index (κ3) is 6.31. The molecule has 4 aromatic rings.